The van der Waals surface area contributed by atoms with Crippen LogP contribution >= 0.6 is 0 Å². The number of carbonyl (C=O) groups is 2. The molecule has 1 aromatic heterocycles. The molecule has 1 amide bonds. The van der Waals surface area contributed by atoms with Gasteiger partial charge in [-0.2, -0.15) is 0 Å². The molecule has 0 radical (unpaired) electrons. The number of likely N-dealkylation sites (tertiary alicyclic amines) is 1. The Kier molecular flexibility index (Phi) is 5.11. The zero-order valence-corrected chi connectivity index (χ0v) is 12.9. The number of pyridine rings is 1. The van der Waals surface area contributed by atoms with E-state index in [1.165, 1.54) is 11.1 Å². The van der Waals surface area contributed by atoms with Crippen LogP contribution in [0.25, 0.3) is 0 Å². The van der Waals surface area contributed by atoms with Gasteiger partial charge in [0.1, 0.15) is 0 Å². The van der Waals surface area contributed by atoms with E-state index in [4.69, 9.17) is 5.11 Å². The van der Waals surface area contributed by atoms with E-state index in [2.05, 4.69) is 4.98 Å². The van der Waals surface area contributed by atoms with E-state index < -0.39 is 23.6 Å². The van der Waals surface area contributed by atoms with Crippen molar-refractivity contribution in [2.75, 3.05) is 13.1 Å². The van der Waals surface area contributed by atoms with Gasteiger partial charge in [-0.3, -0.25) is 9.59 Å². The van der Waals surface area contributed by atoms with Crippen molar-refractivity contribution in [3.05, 3.63) is 29.3 Å². The van der Waals surface area contributed by atoms with Crippen molar-refractivity contribution < 1.29 is 19.1 Å². The molecule has 0 aliphatic carbocycles. The molecule has 1 fully saturated rings. The van der Waals surface area contributed by atoms with Crippen molar-refractivity contribution in [2.45, 2.75) is 33.1 Å². The third-order valence-corrected chi connectivity index (χ3v) is 3.86. The second kappa shape index (κ2) is 6.85. The van der Waals surface area contributed by atoms with Crippen LogP contribution in [0.5, 0.6) is 0 Å². The molecule has 2 rings (SSSR count). The standard InChI is InChI=1S/C16H21FN2O3/c1-10(2)8-11-5-6-18-14(13(11)17)15(20)19-7-3-4-12(9-19)16(21)22/h5-6,10,12H,3-4,7-9H2,1-2H3,(H,21,22). The number of hydrogen-bond acceptors (Lipinski definition) is 3. The lowest BCUT2D eigenvalue weighted by Gasteiger charge is -2.30. The van der Waals surface area contributed by atoms with E-state index in [-0.39, 0.29) is 18.2 Å². The first-order chi connectivity index (χ1) is 10.4. The van der Waals surface area contributed by atoms with E-state index in [0.29, 0.717) is 31.4 Å². The number of carbonyl (C=O) groups excluding carboxylic acids is 1. The second-order valence-corrected chi connectivity index (χ2v) is 6.16. The summed E-state index contributed by atoms with van der Waals surface area (Å²) in [7, 11) is 0. The van der Waals surface area contributed by atoms with Crippen LogP contribution in [-0.4, -0.2) is 40.0 Å². The molecule has 1 unspecified atom stereocenters. The Labute approximate surface area is 129 Å². The molecule has 0 spiro atoms. The molecule has 1 aliphatic heterocycles. The molecule has 5 nitrogen and oxygen atoms in total. The van der Waals surface area contributed by atoms with Crippen LogP contribution < -0.4 is 0 Å². The first kappa shape index (κ1) is 16.4. The molecule has 6 heteroatoms. The maximum atomic E-state index is 14.5. The molecule has 0 saturated carbocycles. The number of hydrogen-bond donors (Lipinski definition) is 1. The number of piperidine rings is 1. The highest BCUT2D eigenvalue weighted by Crippen LogP contribution is 2.21. The molecule has 22 heavy (non-hydrogen) atoms. The van der Waals surface area contributed by atoms with E-state index in [9.17, 15) is 14.0 Å². The van der Waals surface area contributed by atoms with E-state index in [0.717, 1.165) is 0 Å². The van der Waals surface area contributed by atoms with Gasteiger partial charge in [-0.25, -0.2) is 9.37 Å². The maximum Gasteiger partial charge on any atom is 0.308 e. The van der Waals surface area contributed by atoms with Crippen molar-refractivity contribution in [1.29, 1.82) is 0 Å². The smallest absolute Gasteiger partial charge is 0.308 e. The zero-order chi connectivity index (χ0) is 16.3. The Bertz CT molecular complexity index is 575. The van der Waals surface area contributed by atoms with Crippen LogP contribution in [-0.2, 0) is 11.2 Å². The third-order valence-electron chi connectivity index (χ3n) is 3.86. The molecule has 2 heterocycles. The highest BCUT2D eigenvalue weighted by atomic mass is 19.1. The van der Waals surface area contributed by atoms with Gasteiger partial charge in [0.25, 0.3) is 5.91 Å². The summed E-state index contributed by atoms with van der Waals surface area (Å²) in [6.45, 7) is 4.51. The van der Waals surface area contributed by atoms with Gasteiger partial charge in [-0.15, -0.1) is 0 Å². The van der Waals surface area contributed by atoms with Crippen LogP contribution in [0, 0.1) is 17.7 Å². The average molecular weight is 308 g/mol. The van der Waals surface area contributed by atoms with Crippen LogP contribution in [0.4, 0.5) is 4.39 Å². The summed E-state index contributed by atoms with van der Waals surface area (Å²) in [6, 6.07) is 1.59. The highest BCUT2D eigenvalue weighted by Gasteiger charge is 2.30. The minimum absolute atomic E-state index is 0.115. The van der Waals surface area contributed by atoms with Crippen molar-refractivity contribution >= 4 is 11.9 Å². The summed E-state index contributed by atoms with van der Waals surface area (Å²) in [5.74, 6) is -2.34. The lowest BCUT2D eigenvalue weighted by atomic mass is 9.97. The molecule has 120 valence electrons. The normalized spacial score (nSPS) is 18.5. The van der Waals surface area contributed by atoms with E-state index in [1.54, 1.807) is 6.07 Å². The van der Waals surface area contributed by atoms with Crippen molar-refractivity contribution in [3.8, 4) is 0 Å². The number of aliphatic carboxylic acids is 1. The first-order valence-electron chi connectivity index (χ1n) is 7.55. The Balaban J connectivity index is 2.20. The SMILES string of the molecule is CC(C)Cc1ccnc(C(=O)N2CCCC(C(=O)O)C2)c1F. The van der Waals surface area contributed by atoms with Gasteiger partial charge >= 0.3 is 5.97 Å². The summed E-state index contributed by atoms with van der Waals surface area (Å²) in [5, 5.41) is 9.08. The molecule has 0 bridgehead atoms. The van der Waals surface area contributed by atoms with Gasteiger partial charge in [-0.1, -0.05) is 13.8 Å². The third kappa shape index (κ3) is 3.61. The lowest BCUT2D eigenvalue weighted by molar-refractivity contribution is -0.143. The van der Waals surface area contributed by atoms with Gasteiger partial charge in [0.2, 0.25) is 0 Å². The van der Waals surface area contributed by atoms with Crippen LogP contribution in [0.2, 0.25) is 0 Å². The molecule has 1 aliphatic rings. The van der Waals surface area contributed by atoms with Crippen LogP contribution in [0.15, 0.2) is 12.3 Å². The molecule has 1 saturated heterocycles. The Morgan fingerprint density at radius 3 is 2.86 bits per heavy atom. The molecular formula is C16H21FN2O3. The molecular weight excluding hydrogens is 287 g/mol. The number of carboxylic acids is 1. The van der Waals surface area contributed by atoms with Gasteiger partial charge in [-0.05, 0) is 36.8 Å². The first-order valence-corrected chi connectivity index (χ1v) is 7.55. The van der Waals surface area contributed by atoms with Gasteiger partial charge < -0.3 is 10.0 Å². The van der Waals surface area contributed by atoms with Crippen molar-refractivity contribution in [1.82, 2.24) is 9.88 Å². The molecule has 1 aromatic rings. The number of halogens is 1. The number of amides is 1. The minimum Gasteiger partial charge on any atom is -0.481 e. The quantitative estimate of drug-likeness (QED) is 0.927. The van der Waals surface area contributed by atoms with E-state index >= 15 is 0 Å². The van der Waals surface area contributed by atoms with Crippen molar-refractivity contribution in [3.63, 3.8) is 0 Å². The number of carboxylic acid groups (broad SMARTS) is 1. The minimum atomic E-state index is -0.917. The Morgan fingerprint density at radius 2 is 2.23 bits per heavy atom. The second-order valence-electron chi connectivity index (χ2n) is 6.16. The predicted molar refractivity (Wildman–Crippen MR) is 79.0 cm³/mol. The Morgan fingerprint density at radius 1 is 1.50 bits per heavy atom. The maximum absolute atomic E-state index is 14.5. The lowest BCUT2D eigenvalue weighted by Crippen LogP contribution is -2.43. The summed E-state index contributed by atoms with van der Waals surface area (Å²) in [5.41, 5.74) is 0.268. The van der Waals surface area contributed by atoms with Crippen LogP contribution in [0.3, 0.4) is 0 Å². The topological polar surface area (TPSA) is 70.5 Å². The van der Waals surface area contributed by atoms with Gasteiger partial charge in [0.15, 0.2) is 11.5 Å². The van der Waals surface area contributed by atoms with Gasteiger partial charge in [0, 0.05) is 19.3 Å². The average Bonchev–Trinajstić information content (AvgIpc) is 2.48. The summed E-state index contributed by atoms with van der Waals surface area (Å²) in [4.78, 5) is 28.8. The fourth-order valence-electron chi connectivity index (χ4n) is 2.74. The molecule has 1 atom stereocenters. The largest absolute Gasteiger partial charge is 0.481 e. The number of aromatic nitrogens is 1. The van der Waals surface area contributed by atoms with Crippen molar-refractivity contribution in [2.24, 2.45) is 11.8 Å². The zero-order valence-electron chi connectivity index (χ0n) is 12.9. The summed E-state index contributed by atoms with van der Waals surface area (Å²) in [6.07, 6.45) is 3.12. The fourth-order valence-corrected chi connectivity index (χ4v) is 2.74. The number of rotatable bonds is 4. The molecule has 1 N–H and O–H groups in total. The highest BCUT2D eigenvalue weighted by molar-refractivity contribution is 5.93. The van der Waals surface area contributed by atoms with Gasteiger partial charge in [0.05, 0.1) is 5.92 Å². The fraction of sp³-hybridized carbons (Fsp3) is 0.562. The van der Waals surface area contributed by atoms with E-state index in [1.807, 2.05) is 13.8 Å². The molecule has 0 aromatic carbocycles. The number of nitrogens with zero attached hydrogens (tertiary/aromatic N) is 2. The Hall–Kier alpha value is -1.98. The van der Waals surface area contributed by atoms with Crippen LogP contribution in [0.1, 0.15) is 42.7 Å². The monoisotopic (exact) mass is 308 g/mol. The predicted octanol–water partition coefficient (Wildman–Crippen LogP) is 2.36. The summed E-state index contributed by atoms with van der Waals surface area (Å²) >= 11 is 0. The summed E-state index contributed by atoms with van der Waals surface area (Å²) < 4.78 is 14.5.